The lowest BCUT2D eigenvalue weighted by atomic mass is 10.3. The van der Waals surface area contributed by atoms with Gasteiger partial charge in [-0.1, -0.05) is 0 Å². The number of carbonyl (C=O) groups is 2. The highest BCUT2D eigenvalue weighted by Crippen LogP contribution is 2.30. The number of nitrogens with zero attached hydrogens (tertiary/aromatic N) is 2. The lowest BCUT2D eigenvalue weighted by Gasteiger charge is -2.28. The summed E-state index contributed by atoms with van der Waals surface area (Å²) in [5.74, 6) is -0.452. The van der Waals surface area contributed by atoms with Crippen LogP contribution in [0.25, 0.3) is 0 Å². The first-order valence-electron chi connectivity index (χ1n) is 6.50. The van der Waals surface area contributed by atoms with Gasteiger partial charge in [-0.3, -0.25) is 4.79 Å². The van der Waals surface area contributed by atoms with E-state index in [4.69, 9.17) is 9.84 Å². The standard InChI is InChI=1S/C12H20N2O4/c15-11(16)9-14(8-10-2-3-10)12(17)13-4-1-6-18-7-5-13/h10H,1-9H2,(H,15,16). The van der Waals surface area contributed by atoms with Gasteiger partial charge in [0, 0.05) is 26.2 Å². The van der Waals surface area contributed by atoms with Crippen LogP contribution in [0.2, 0.25) is 0 Å². The summed E-state index contributed by atoms with van der Waals surface area (Å²) in [5, 5.41) is 8.88. The van der Waals surface area contributed by atoms with E-state index in [0.29, 0.717) is 38.8 Å². The van der Waals surface area contributed by atoms with Gasteiger partial charge in [-0.15, -0.1) is 0 Å². The molecule has 1 aliphatic carbocycles. The van der Waals surface area contributed by atoms with Gasteiger partial charge in [-0.2, -0.15) is 0 Å². The minimum atomic E-state index is -0.949. The van der Waals surface area contributed by atoms with Crippen molar-refractivity contribution in [2.45, 2.75) is 19.3 Å². The summed E-state index contributed by atoms with van der Waals surface area (Å²) in [4.78, 5) is 26.3. The molecule has 2 rings (SSSR count). The molecule has 0 aromatic carbocycles. The van der Waals surface area contributed by atoms with E-state index in [9.17, 15) is 9.59 Å². The van der Waals surface area contributed by atoms with Crippen molar-refractivity contribution in [3.8, 4) is 0 Å². The van der Waals surface area contributed by atoms with Crippen LogP contribution in [0.3, 0.4) is 0 Å². The molecule has 6 heteroatoms. The molecule has 0 bridgehead atoms. The maximum Gasteiger partial charge on any atom is 0.323 e. The van der Waals surface area contributed by atoms with E-state index in [1.807, 2.05) is 0 Å². The Labute approximate surface area is 106 Å². The minimum Gasteiger partial charge on any atom is -0.480 e. The molecule has 6 nitrogen and oxygen atoms in total. The van der Waals surface area contributed by atoms with E-state index in [1.54, 1.807) is 4.90 Å². The molecule has 102 valence electrons. The van der Waals surface area contributed by atoms with Crippen LogP contribution < -0.4 is 0 Å². The molecule has 1 N–H and O–H groups in total. The Balaban J connectivity index is 1.93. The summed E-state index contributed by atoms with van der Waals surface area (Å²) < 4.78 is 5.30. The van der Waals surface area contributed by atoms with Gasteiger partial charge in [0.25, 0.3) is 0 Å². The highest BCUT2D eigenvalue weighted by Gasteiger charge is 2.30. The Morgan fingerprint density at radius 2 is 2.06 bits per heavy atom. The summed E-state index contributed by atoms with van der Waals surface area (Å²) in [6.07, 6.45) is 3.02. The van der Waals surface area contributed by atoms with Crippen molar-refractivity contribution >= 4 is 12.0 Å². The fraction of sp³-hybridized carbons (Fsp3) is 0.833. The molecule has 0 spiro atoms. The van der Waals surface area contributed by atoms with Crippen LogP contribution in [0.5, 0.6) is 0 Å². The number of carboxylic acids is 1. The maximum atomic E-state index is 12.3. The molecule has 1 aliphatic heterocycles. The van der Waals surface area contributed by atoms with Crippen molar-refractivity contribution < 1.29 is 19.4 Å². The van der Waals surface area contributed by atoms with E-state index in [2.05, 4.69) is 0 Å². The number of carboxylic acid groups (broad SMARTS) is 1. The third-order valence-electron chi connectivity index (χ3n) is 3.26. The molecule has 0 aromatic rings. The monoisotopic (exact) mass is 256 g/mol. The van der Waals surface area contributed by atoms with E-state index >= 15 is 0 Å². The zero-order valence-corrected chi connectivity index (χ0v) is 10.5. The number of carbonyl (C=O) groups excluding carboxylic acids is 1. The van der Waals surface area contributed by atoms with E-state index in [-0.39, 0.29) is 12.6 Å². The van der Waals surface area contributed by atoms with Crippen molar-refractivity contribution in [2.24, 2.45) is 5.92 Å². The first kappa shape index (κ1) is 13.1. The van der Waals surface area contributed by atoms with E-state index in [0.717, 1.165) is 19.3 Å². The third-order valence-corrected chi connectivity index (χ3v) is 3.26. The number of hydrogen-bond donors (Lipinski definition) is 1. The fourth-order valence-corrected chi connectivity index (χ4v) is 2.12. The lowest BCUT2D eigenvalue weighted by Crippen LogP contribution is -2.47. The van der Waals surface area contributed by atoms with Crippen LogP contribution in [-0.4, -0.2) is 66.3 Å². The normalized spacial score (nSPS) is 20.3. The predicted octanol–water partition coefficient (Wildman–Crippen LogP) is 0.625. The molecule has 2 aliphatic rings. The van der Waals surface area contributed by atoms with Crippen molar-refractivity contribution in [3.05, 3.63) is 0 Å². The highest BCUT2D eigenvalue weighted by molar-refractivity contribution is 5.80. The number of urea groups is 1. The van der Waals surface area contributed by atoms with Crippen molar-refractivity contribution in [1.82, 2.24) is 9.80 Å². The summed E-state index contributed by atoms with van der Waals surface area (Å²) in [6.45, 7) is 2.79. The maximum absolute atomic E-state index is 12.3. The smallest absolute Gasteiger partial charge is 0.323 e. The molecule has 0 unspecified atom stereocenters. The minimum absolute atomic E-state index is 0.158. The zero-order chi connectivity index (χ0) is 13.0. The molecule has 0 radical (unpaired) electrons. The first-order valence-corrected chi connectivity index (χ1v) is 6.50. The van der Waals surface area contributed by atoms with Crippen LogP contribution in [0.4, 0.5) is 4.79 Å². The lowest BCUT2D eigenvalue weighted by molar-refractivity contribution is -0.137. The van der Waals surface area contributed by atoms with Gasteiger partial charge < -0.3 is 19.6 Å². The molecule has 0 atom stereocenters. The van der Waals surface area contributed by atoms with Gasteiger partial charge in [-0.05, 0) is 25.2 Å². The van der Waals surface area contributed by atoms with Gasteiger partial charge >= 0.3 is 12.0 Å². The second-order valence-corrected chi connectivity index (χ2v) is 4.95. The summed E-state index contributed by atoms with van der Waals surface area (Å²) in [5.41, 5.74) is 0. The van der Waals surface area contributed by atoms with Crippen molar-refractivity contribution in [1.29, 1.82) is 0 Å². The second-order valence-electron chi connectivity index (χ2n) is 4.95. The molecule has 2 amide bonds. The van der Waals surface area contributed by atoms with Gasteiger partial charge in [0.1, 0.15) is 6.54 Å². The Morgan fingerprint density at radius 1 is 1.28 bits per heavy atom. The molecule has 1 heterocycles. The summed E-state index contributed by atoms with van der Waals surface area (Å²) in [6, 6.07) is -0.158. The van der Waals surface area contributed by atoms with Gasteiger partial charge in [0.05, 0.1) is 6.61 Å². The van der Waals surface area contributed by atoms with Gasteiger partial charge in [0.2, 0.25) is 0 Å². The van der Waals surface area contributed by atoms with Crippen LogP contribution in [0.1, 0.15) is 19.3 Å². The topological polar surface area (TPSA) is 70.1 Å². The third kappa shape index (κ3) is 3.87. The Hall–Kier alpha value is -1.30. The number of aliphatic carboxylic acids is 1. The molecule has 0 aromatic heterocycles. The molecular formula is C12H20N2O4. The van der Waals surface area contributed by atoms with Crippen LogP contribution in [-0.2, 0) is 9.53 Å². The van der Waals surface area contributed by atoms with Crippen LogP contribution >= 0.6 is 0 Å². The summed E-state index contributed by atoms with van der Waals surface area (Å²) in [7, 11) is 0. The van der Waals surface area contributed by atoms with Crippen LogP contribution in [0.15, 0.2) is 0 Å². The highest BCUT2D eigenvalue weighted by atomic mass is 16.5. The predicted molar refractivity (Wildman–Crippen MR) is 64.3 cm³/mol. The number of amides is 2. The number of rotatable bonds is 4. The van der Waals surface area contributed by atoms with E-state index in [1.165, 1.54) is 4.90 Å². The Bertz CT molecular complexity index is 309. The molecule has 1 saturated heterocycles. The zero-order valence-electron chi connectivity index (χ0n) is 10.5. The average molecular weight is 256 g/mol. The fourth-order valence-electron chi connectivity index (χ4n) is 2.12. The van der Waals surface area contributed by atoms with Crippen LogP contribution in [0, 0.1) is 5.92 Å². The largest absolute Gasteiger partial charge is 0.480 e. The van der Waals surface area contributed by atoms with E-state index < -0.39 is 5.97 Å². The molecule has 1 saturated carbocycles. The number of hydrogen-bond acceptors (Lipinski definition) is 3. The summed E-state index contributed by atoms with van der Waals surface area (Å²) >= 11 is 0. The molecule has 2 fully saturated rings. The molecule has 18 heavy (non-hydrogen) atoms. The SMILES string of the molecule is O=C(O)CN(CC1CC1)C(=O)N1CCCOCC1. The van der Waals surface area contributed by atoms with Gasteiger partial charge in [-0.25, -0.2) is 4.79 Å². The van der Waals surface area contributed by atoms with Crippen molar-refractivity contribution in [2.75, 3.05) is 39.4 Å². The second kappa shape index (κ2) is 6.04. The Morgan fingerprint density at radius 3 is 2.72 bits per heavy atom. The first-order chi connectivity index (χ1) is 8.66. The quantitative estimate of drug-likeness (QED) is 0.800. The average Bonchev–Trinajstić information content (AvgIpc) is 3.13. The van der Waals surface area contributed by atoms with Crippen molar-refractivity contribution in [3.63, 3.8) is 0 Å². The Kier molecular flexibility index (Phi) is 4.41. The van der Waals surface area contributed by atoms with Gasteiger partial charge in [0.15, 0.2) is 0 Å². The molecular weight excluding hydrogens is 236 g/mol. The number of ether oxygens (including phenoxy) is 1.